The van der Waals surface area contributed by atoms with Crippen molar-refractivity contribution in [3.63, 3.8) is 0 Å². The molecule has 162 valence electrons. The van der Waals surface area contributed by atoms with Crippen molar-refractivity contribution in [1.82, 2.24) is 16.0 Å². The molecule has 2 aromatic rings. The maximum atomic E-state index is 11.8. The van der Waals surface area contributed by atoms with Gasteiger partial charge in [0.1, 0.15) is 0 Å². The van der Waals surface area contributed by atoms with E-state index in [0.29, 0.717) is 18.0 Å². The predicted molar refractivity (Wildman–Crippen MR) is 126 cm³/mol. The SMILES string of the molecule is CCNC(=NCC(Nc1ccccc1)C(C)C)NCCc1cccc(C(=O)NC)c1. The van der Waals surface area contributed by atoms with Gasteiger partial charge in [-0.2, -0.15) is 0 Å². The van der Waals surface area contributed by atoms with Crippen LogP contribution in [-0.2, 0) is 6.42 Å². The summed E-state index contributed by atoms with van der Waals surface area (Å²) in [7, 11) is 1.65. The zero-order valence-electron chi connectivity index (χ0n) is 18.5. The highest BCUT2D eigenvalue weighted by atomic mass is 16.1. The molecule has 0 aliphatic heterocycles. The van der Waals surface area contributed by atoms with E-state index >= 15 is 0 Å². The number of amides is 1. The number of carbonyl (C=O) groups is 1. The molecule has 0 heterocycles. The van der Waals surface area contributed by atoms with Crippen molar-refractivity contribution in [2.45, 2.75) is 33.2 Å². The van der Waals surface area contributed by atoms with Crippen LogP contribution in [0.1, 0.15) is 36.7 Å². The molecule has 0 spiro atoms. The number of anilines is 1. The second-order valence-electron chi connectivity index (χ2n) is 7.54. The molecule has 0 aromatic heterocycles. The summed E-state index contributed by atoms with van der Waals surface area (Å²) in [5.74, 6) is 1.19. The van der Waals surface area contributed by atoms with Crippen molar-refractivity contribution in [3.05, 3.63) is 65.7 Å². The minimum absolute atomic E-state index is 0.0645. The fourth-order valence-electron chi connectivity index (χ4n) is 3.04. The van der Waals surface area contributed by atoms with Crippen LogP contribution in [0.15, 0.2) is 59.6 Å². The summed E-state index contributed by atoms with van der Waals surface area (Å²) in [4.78, 5) is 16.6. The van der Waals surface area contributed by atoms with E-state index in [4.69, 9.17) is 4.99 Å². The number of hydrogen-bond donors (Lipinski definition) is 4. The smallest absolute Gasteiger partial charge is 0.251 e. The van der Waals surface area contributed by atoms with Crippen LogP contribution < -0.4 is 21.3 Å². The minimum atomic E-state index is -0.0645. The first-order valence-corrected chi connectivity index (χ1v) is 10.7. The van der Waals surface area contributed by atoms with Gasteiger partial charge in [0.25, 0.3) is 5.91 Å². The van der Waals surface area contributed by atoms with Crippen LogP contribution in [0, 0.1) is 5.92 Å². The van der Waals surface area contributed by atoms with Gasteiger partial charge in [0.05, 0.1) is 6.54 Å². The summed E-state index contributed by atoms with van der Waals surface area (Å²) in [6.45, 7) is 8.68. The fourth-order valence-corrected chi connectivity index (χ4v) is 3.04. The lowest BCUT2D eigenvalue weighted by atomic mass is 10.0. The lowest BCUT2D eigenvalue weighted by Crippen LogP contribution is -2.40. The number of aliphatic imine (C=N–C) groups is 1. The molecule has 1 unspecified atom stereocenters. The predicted octanol–water partition coefficient (Wildman–Crippen LogP) is 3.28. The average molecular weight is 410 g/mol. The van der Waals surface area contributed by atoms with Crippen molar-refractivity contribution in [2.75, 3.05) is 32.0 Å². The van der Waals surface area contributed by atoms with Gasteiger partial charge in [0.2, 0.25) is 0 Å². The molecule has 2 aromatic carbocycles. The number of rotatable bonds is 10. The molecule has 0 radical (unpaired) electrons. The van der Waals surface area contributed by atoms with E-state index in [1.165, 1.54) is 0 Å². The van der Waals surface area contributed by atoms with E-state index < -0.39 is 0 Å². The number of benzene rings is 2. The van der Waals surface area contributed by atoms with Crippen molar-refractivity contribution in [2.24, 2.45) is 10.9 Å². The Bertz CT molecular complexity index is 804. The Kier molecular flexibility index (Phi) is 9.71. The molecule has 6 nitrogen and oxygen atoms in total. The van der Waals surface area contributed by atoms with Crippen LogP contribution in [0.5, 0.6) is 0 Å². The maximum absolute atomic E-state index is 11.8. The number of nitrogens with one attached hydrogen (secondary N) is 4. The number of para-hydroxylation sites is 1. The van der Waals surface area contributed by atoms with Gasteiger partial charge >= 0.3 is 0 Å². The van der Waals surface area contributed by atoms with E-state index in [1.807, 2.05) is 42.5 Å². The van der Waals surface area contributed by atoms with Gasteiger partial charge in [-0.3, -0.25) is 9.79 Å². The number of hydrogen-bond acceptors (Lipinski definition) is 3. The topological polar surface area (TPSA) is 77.6 Å². The van der Waals surface area contributed by atoms with Crippen molar-refractivity contribution in [1.29, 1.82) is 0 Å². The molecule has 0 bridgehead atoms. The highest BCUT2D eigenvalue weighted by molar-refractivity contribution is 5.94. The second kappa shape index (κ2) is 12.5. The quantitative estimate of drug-likeness (QED) is 0.359. The molecular weight excluding hydrogens is 374 g/mol. The number of carbonyl (C=O) groups excluding carboxylic acids is 1. The van der Waals surface area contributed by atoms with Gasteiger partial charge in [-0.15, -0.1) is 0 Å². The monoisotopic (exact) mass is 409 g/mol. The lowest BCUT2D eigenvalue weighted by Gasteiger charge is -2.22. The number of nitrogens with zero attached hydrogens (tertiary/aromatic N) is 1. The zero-order chi connectivity index (χ0) is 21.8. The second-order valence-corrected chi connectivity index (χ2v) is 7.54. The lowest BCUT2D eigenvalue weighted by molar-refractivity contribution is 0.0963. The Morgan fingerprint density at radius 3 is 2.47 bits per heavy atom. The van der Waals surface area contributed by atoms with Gasteiger partial charge in [0.15, 0.2) is 5.96 Å². The van der Waals surface area contributed by atoms with Crippen molar-refractivity contribution >= 4 is 17.6 Å². The molecule has 1 amide bonds. The van der Waals surface area contributed by atoms with Gasteiger partial charge < -0.3 is 21.3 Å². The molecule has 0 saturated carbocycles. The first-order chi connectivity index (χ1) is 14.5. The van der Waals surface area contributed by atoms with Crippen molar-refractivity contribution in [3.8, 4) is 0 Å². The van der Waals surface area contributed by atoms with Crippen LogP contribution in [-0.4, -0.2) is 44.6 Å². The Hall–Kier alpha value is -3.02. The fraction of sp³-hybridized carbons (Fsp3) is 0.417. The Morgan fingerprint density at radius 2 is 1.80 bits per heavy atom. The molecule has 0 aliphatic rings. The standard InChI is InChI=1S/C24H35N5O/c1-5-26-24(27-15-14-19-10-9-11-20(16-19)23(30)25-4)28-17-22(18(2)3)29-21-12-7-6-8-13-21/h6-13,16,18,22,29H,5,14-15,17H2,1-4H3,(H,25,30)(H2,26,27,28). The maximum Gasteiger partial charge on any atom is 0.251 e. The summed E-state index contributed by atoms with van der Waals surface area (Å²) in [6.07, 6.45) is 0.811. The first-order valence-electron chi connectivity index (χ1n) is 10.7. The molecular formula is C24H35N5O. The Balaban J connectivity index is 1.93. The van der Waals surface area contributed by atoms with Crippen LogP contribution >= 0.6 is 0 Å². The van der Waals surface area contributed by atoms with Gasteiger partial charge in [-0.25, -0.2) is 0 Å². The first kappa shape index (κ1) is 23.3. The third kappa shape index (κ3) is 7.78. The Labute approximate surface area is 180 Å². The molecule has 4 N–H and O–H groups in total. The van der Waals surface area contributed by atoms with Crippen LogP contribution in [0.3, 0.4) is 0 Å². The molecule has 30 heavy (non-hydrogen) atoms. The third-order valence-corrected chi connectivity index (χ3v) is 4.84. The van der Waals surface area contributed by atoms with Gasteiger partial charge in [-0.05, 0) is 49.1 Å². The molecule has 0 saturated heterocycles. The molecule has 1 atom stereocenters. The van der Waals surface area contributed by atoms with E-state index in [-0.39, 0.29) is 11.9 Å². The van der Waals surface area contributed by atoms with E-state index in [1.54, 1.807) is 7.05 Å². The Morgan fingerprint density at radius 1 is 1.03 bits per heavy atom. The van der Waals surface area contributed by atoms with Gasteiger partial charge in [-0.1, -0.05) is 44.2 Å². The van der Waals surface area contributed by atoms with Crippen molar-refractivity contribution < 1.29 is 4.79 Å². The molecule has 0 aliphatic carbocycles. The highest BCUT2D eigenvalue weighted by Gasteiger charge is 2.13. The molecule has 2 rings (SSSR count). The molecule has 6 heteroatoms. The minimum Gasteiger partial charge on any atom is -0.380 e. The zero-order valence-corrected chi connectivity index (χ0v) is 18.5. The molecule has 0 fully saturated rings. The van der Waals surface area contributed by atoms with Crippen LogP contribution in [0.4, 0.5) is 5.69 Å². The number of guanidine groups is 1. The summed E-state index contributed by atoms with van der Waals surface area (Å²) >= 11 is 0. The summed E-state index contributed by atoms with van der Waals surface area (Å²) in [6, 6.07) is 18.2. The van der Waals surface area contributed by atoms with Crippen LogP contribution in [0.25, 0.3) is 0 Å². The summed E-state index contributed by atoms with van der Waals surface area (Å²) in [5, 5.41) is 13.0. The summed E-state index contributed by atoms with van der Waals surface area (Å²) < 4.78 is 0. The van der Waals surface area contributed by atoms with E-state index in [9.17, 15) is 4.79 Å². The normalized spacial score (nSPS) is 12.4. The largest absolute Gasteiger partial charge is 0.380 e. The van der Waals surface area contributed by atoms with E-state index in [2.05, 4.69) is 54.2 Å². The van der Waals surface area contributed by atoms with Gasteiger partial charge in [0, 0.05) is 37.4 Å². The average Bonchev–Trinajstić information content (AvgIpc) is 2.76. The third-order valence-electron chi connectivity index (χ3n) is 4.84. The highest BCUT2D eigenvalue weighted by Crippen LogP contribution is 2.12. The summed E-state index contributed by atoms with van der Waals surface area (Å²) in [5.41, 5.74) is 2.91. The van der Waals surface area contributed by atoms with E-state index in [0.717, 1.165) is 36.7 Å². The van der Waals surface area contributed by atoms with Crippen LogP contribution in [0.2, 0.25) is 0 Å².